The second kappa shape index (κ2) is 10.5. The Labute approximate surface area is 194 Å². The Bertz CT molecular complexity index is 930. The van der Waals surface area contributed by atoms with Gasteiger partial charge in [-0.25, -0.2) is 4.98 Å². The molecule has 0 bridgehead atoms. The van der Waals surface area contributed by atoms with Crippen molar-refractivity contribution in [3.8, 4) is 5.75 Å². The molecule has 0 radical (unpaired) electrons. The molecule has 1 saturated heterocycles. The van der Waals surface area contributed by atoms with E-state index < -0.39 is 0 Å². The van der Waals surface area contributed by atoms with E-state index in [0.29, 0.717) is 17.5 Å². The highest BCUT2D eigenvalue weighted by Gasteiger charge is 2.30. The van der Waals surface area contributed by atoms with Gasteiger partial charge in [-0.15, -0.1) is 11.3 Å². The Morgan fingerprint density at radius 3 is 2.62 bits per heavy atom. The van der Waals surface area contributed by atoms with Gasteiger partial charge in [0.1, 0.15) is 11.4 Å². The Morgan fingerprint density at radius 1 is 1.16 bits per heavy atom. The molecule has 1 atom stereocenters. The molecule has 4 rings (SSSR count). The highest BCUT2D eigenvalue weighted by atomic mass is 32.1. The molecule has 2 heterocycles. The average molecular weight is 456 g/mol. The molecule has 2 aromatic rings. The van der Waals surface area contributed by atoms with Crippen LogP contribution in [0.25, 0.3) is 0 Å². The van der Waals surface area contributed by atoms with Gasteiger partial charge in [0, 0.05) is 30.3 Å². The Balaban J connectivity index is 1.30. The summed E-state index contributed by atoms with van der Waals surface area (Å²) in [6.45, 7) is 3.56. The number of nitrogens with one attached hydrogen (secondary N) is 1. The molecular weight excluding hydrogens is 422 g/mol. The number of hydrogen-bond donors (Lipinski definition) is 1. The number of methoxy groups -OCH3 is 1. The number of carbonyl (C=O) groups is 2. The molecule has 1 aliphatic heterocycles. The first-order valence-electron chi connectivity index (χ1n) is 11.7. The molecule has 1 unspecified atom stereocenters. The summed E-state index contributed by atoms with van der Waals surface area (Å²) >= 11 is 1.56. The molecule has 6 nitrogen and oxygen atoms in total. The zero-order chi connectivity index (χ0) is 22.5. The quantitative estimate of drug-likeness (QED) is 0.670. The van der Waals surface area contributed by atoms with Crippen LogP contribution in [-0.2, 0) is 4.79 Å². The number of hydrogen-bond acceptors (Lipinski definition) is 5. The van der Waals surface area contributed by atoms with Crippen LogP contribution in [0.3, 0.4) is 0 Å². The number of benzene rings is 1. The zero-order valence-electron chi connectivity index (χ0n) is 19.0. The number of aromatic nitrogens is 1. The third-order valence-electron chi connectivity index (χ3n) is 6.81. The van der Waals surface area contributed by atoms with Crippen molar-refractivity contribution in [1.29, 1.82) is 0 Å². The first kappa shape index (κ1) is 22.8. The largest absolute Gasteiger partial charge is 0.497 e. The van der Waals surface area contributed by atoms with E-state index >= 15 is 0 Å². The molecule has 0 spiro atoms. The van der Waals surface area contributed by atoms with E-state index in [1.807, 2.05) is 36.6 Å². The number of likely N-dealkylation sites (tertiary alicyclic amines) is 1. The second-order valence-electron chi connectivity index (χ2n) is 8.98. The highest BCUT2D eigenvalue weighted by Crippen LogP contribution is 2.33. The average Bonchev–Trinajstić information content (AvgIpc) is 3.35. The third kappa shape index (κ3) is 5.31. The second-order valence-corrected chi connectivity index (χ2v) is 9.87. The molecular formula is C25H33N3O3S. The lowest BCUT2D eigenvalue weighted by Gasteiger charge is -2.34. The minimum atomic E-state index is -0.160. The summed E-state index contributed by atoms with van der Waals surface area (Å²) in [6, 6.07) is 7.57. The normalized spacial score (nSPS) is 18.9. The molecule has 1 N–H and O–H groups in total. The fourth-order valence-corrected chi connectivity index (χ4v) is 5.77. The number of ether oxygens (including phenoxy) is 1. The van der Waals surface area contributed by atoms with Gasteiger partial charge >= 0.3 is 0 Å². The van der Waals surface area contributed by atoms with Crippen LogP contribution < -0.4 is 10.1 Å². The van der Waals surface area contributed by atoms with Crippen LogP contribution in [-0.4, -0.2) is 41.9 Å². The van der Waals surface area contributed by atoms with Crippen LogP contribution in [0.4, 0.5) is 0 Å². The number of piperidine rings is 1. The van der Waals surface area contributed by atoms with Crippen molar-refractivity contribution in [2.24, 2.45) is 5.92 Å². The van der Waals surface area contributed by atoms with Crippen LogP contribution in [0.1, 0.15) is 84.9 Å². The fourth-order valence-electron chi connectivity index (χ4n) is 4.80. The van der Waals surface area contributed by atoms with Gasteiger partial charge in [-0.05, 0) is 50.3 Å². The van der Waals surface area contributed by atoms with Gasteiger partial charge in [-0.2, -0.15) is 0 Å². The Hall–Kier alpha value is -2.41. The van der Waals surface area contributed by atoms with Crippen LogP contribution >= 0.6 is 11.3 Å². The summed E-state index contributed by atoms with van der Waals surface area (Å²) in [5.41, 5.74) is 1.46. The lowest BCUT2D eigenvalue weighted by molar-refractivity contribution is -0.137. The van der Waals surface area contributed by atoms with Crippen molar-refractivity contribution in [3.05, 3.63) is 45.9 Å². The number of thiazole rings is 1. The van der Waals surface area contributed by atoms with Crippen molar-refractivity contribution < 1.29 is 14.3 Å². The van der Waals surface area contributed by atoms with E-state index in [0.717, 1.165) is 55.1 Å². The molecule has 2 fully saturated rings. The summed E-state index contributed by atoms with van der Waals surface area (Å²) in [5, 5.41) is 5.89. The first-order chi connectivity index (χ1) is 15.5. The maximum absolute atomic E-state index is 12.8. The van der Waals surface area contributed by atoms with Crippen molar-refractivity contribution in [3.63, 3.8) is 0 Å². The summed E-state index contributed by atoms with van der Waals surface area (Å²) in [7, 11) is 1.63. The molecule has 32 heavy (non-hydrogen) atoms. The molecule has 2 amide bonds. The van der Waals surface area contributed by atoms with E-state index in [4.69, 9.17) is 4.74 Å². The number of rotatable bonds is 6. The fraction of sp³-hybridized carbons (Fsp3) is 0.560. The standard InChI is InChI=1S/C25H33N3O3S/c1-17(20-9-6-10-21(15-20)31-2)26-23(29)22-16-32-24(27-22)18-11-13-28(14-12-18)25(30)19-7-4-3-5-8-19/h6,9-10,15-19H,3-5,7-8,11-14H2,1-2H3,(H,26,29). The summed E-state index contributed by atoms with van der Waals surface area (Å²) in [4.78, 5) is 32.3. The van der Waals surface area contributed by atoms with Gasteiger partial charge < -0.3 is 15.0 Å². The van der Waals surface area contributed by atoms with Gasteiger partial charge in [0.25, 0.3) is 5.91 Å². The van der Waals surface area contributed by atoms with Gasteiger partial charge in [0.2, 0.25) is 5.91 Å². The summed E-state index contributed by atoms with van der Waals surface area (Å²) in [6.07, 6.45) is 7.60. The third-order valence-corrected chi connectivity index (χ3v) is 7.81. The summed E-state index contributed by atoms with van der Waals surface area (Å²) < 4.78 is 5.27. The minimum absolute atomic E-state index is 0.142. The molecule has 7 heteroatoms. The molecule has 2 aliphatic rings. The maximum atomic E-state index is 12.8. The topological polar surface area (TPSA) is 71.5 Å². The van der Waals surface area contributed by atoms with Crippen molar-refractivity contribution in [2.75, 3.05) is 20.2 Å². The maximum Gasteiger partial charge on any atom is 0.271 e. The lowest BCUT2D eigenvalue weighted by Crippen LogP contribution is -2.41. The van der Waals surface area contributed by atoms with Crippen LogP contribution in [0, 0.1) is 5.92 Å². The van der Waals surface area contributed by atoms with Crippen molar-refractivity contribution in [2.45, 2.75) is 63.8 Å². The monoisotopic (exact) mass is 455 g/mol. The van der Waals surface area contributed by atoms with Crippen LogP contribution in [0.2, 0.25) is 0 Å². The predicted molar refractivity (Wildman–Crippen MR) is 126 cm³/mol. The molecule has 1 aliphatic carbocycles. The zero-order valence-corrected chi connectivity index (χ0v) is 19.8. The van der Waals surface area contributed by atoms with Gasteiger partial charge in [-0.3, -0.25) is 9.59 Å². The van der Waals surface area contributed by atoms with Gasteiger partial charge in [0.05, 0.1) is 18.2 Å². The smallest absolute Gasteiger partial charge is 0.271 e. The first-order valence-corrected chi connectivity index (χ1v) is 12.6. The number of carbonyl (C=O) groups excluding carboxylic acids is 2. The molecule has 1 saturated carbocycles. The van der Waals surface area contributed by atoms with Crippen molar-refractivity contribution in [1.82, 2.24) is 15.2 Å². The SMILES string of the molecule is COc1cccc(C(C)NC(=O)c2csc(C3CCN(C(=O)C4CCCCC4)CC3)n2)c1. The Kier molecular flexibility index (Phi) is 7.45. The number of amides is 2. The molecule has 1 aromatic heterocycles. The van der Waals surface area contributed by atoms with Gasteiger partial charge in [0.15, 0.2) is 0 Å². The highest BCUT2D eigenvalue weighted by molar-refractivity contribution is 7.09. The Morgan fingerprint density at radius 2 is 1.91 bits per heavy atom. The number of nitrogens with zero attached hydrogens (tertiary/aromatic N) is 2. The lowest BCUT2D eigenvalue weighted by atomic mass is 9.87. The van der Waals surface area contributed by atoms with E-state index in [1.165, 1.54) is 19.3 Å². The van der Waals surface area contributed by atoms with Crippen LogP contribution in [0.15, 0.2) is 29.6 Å². The summed E-state index contributed by atoms with van der Waals surface area (Å²) in [5.74, 6) is 1.53. The van der Waals surface area contributed by atoms with E-state index in [1.54, 1.807) is 18.4 Å². The molecule has 1 aromatic carbocycles. The van der Waals surface area contributed by atoms with Crippen LogP contribution in [0.5, 0.6) is 5.75 Å². The van der Waals surface area contributed by atoms with E-state index in [-0.39, 0.29) is 17.9 Å². The van der Waals surface area contributed by atoms with E-state index in [9.17, 15) is 9.59 Å². The minimum Gasteiger partial charge on any atom is -0.497 e. The van der Waals surface area contributed by atoms with Gasteiger partial charge in [-0.1, -0.05) is 31.4 Å². The van der Waals surface area contributed by atoms with E-state index in [2.05, 4.69) is 15.2 Å². The predicted octanol–water partition coefficient (Wildman–Crippen LogP) is 4.93. The van der Waals surface area contributed by atoms with Crippen molar-refractivity contribution >= 4 is 23.2 Å². The molecule has 172 valence electrons.